The third-order valence-electron chi connectivity index (χ3n) is 2.76. The third-order valence-corrected chi connectivity index (χ3v) is 3.08. The molecule has 2 aromatic carbocycles. The molecule has 0 fully saturated rings. The van der Waals surface area contributed by atoms with Crippen molar-refractivity contribution in [1.29, 1.82) is 0 Å². The molecule has 2 nitrogen and oxygen atoms in total. The molecule has 0 radical (unpaired) electrons. The first-order valence-corrected chi connectivity index (χ1v) is 6.28. The molecule has 0 N–H and O–H groups in total. The lowest BCUT2D eigenvalue weighted by Gasteiger charge is -2.08. The summed E-state index contributed by atoms with van der Waals surface area (Å²) in [5.74, 6) is 1.58. The molecule has 3 heteroatoms. The van der Waals surface area contributed by atoms with Crippen molar-refractivity contribution in [2.75, 3.05) is 7.11 Å². The second kappa shape index (κ2) is 6.30. The molecule has 0 spiro atoms. The summed E-state index contributed by atoms with van der Waals surface area (Å²) in [6.45, 7) is 4.19. The largest absolute Gasteiger partial charge is 0.497 e. The van der Waals surface area contributed by atoms with Crippen LogP contribution in [0.4, 0.5) is 0 Å². The highest BCUT2D eigenvalue weighted by Gasteiger charge is 2.01. The van der Waals surface area contributed by atoms with E-state index in [9.17, 15) is 0 Å². The van der Waals surface area contributed by atoms with Crippen LogP contribution in [0.3, 0.4) is 0 Å². The molecule has 0 saturated carbocycles. The van der Waals surface area contributed by atoms with Crippen LogP contribution in [-0.4, -0.2) is 7.11 Å². The number of hydrogen-bond donors (Lipinski definition) is 0. The summed E-state index contributed by atoms with van der Waals surface area (Å²) in [6.07, 6.45) is 1.72. The molecule has 0 bridgehead atoms. The van der Waals surface area contributed by atoms with Crippen LogP contribution < -0.4 is 9.47 Å². The summed E-state index contributed by atoms with van der Waals surface area (Å²) in [4.78, 5) is 0. The van der Waals surface area contributed by atoms with Gasteiger partial charge in [-0.3, -0.25) is 0 Å². The van der Waals surface area contributed by atoms with Crippen molar-refractivity contribution in [3.05, 3.63) is 65.2 Å². The lowest BCUT2D eigenvalue weighted by atomic mass is 10.2. The summed E-state index contributed by atoms with van der Waals surface area (Å²) in [5.41, 5.74) is 1.98. The highest BCUT2D eigenvalue weighted by Crippen LogP contribution is 2.24. The molecule has 19 heavy (non-hydrogen) atoms. The van der Waals surface area contributed by atoms with E-state index in [1.165, 1.54) is 0 Å². The van der Waals surface area contributed by atoms with Gasteiger partial charge in [-0.25, -0.2) is 0 Å². The van der Waals surface area contributed by atoms with Crippen molar-refractivity contribution in [2.45, 2.75) is 6.61 Å². The van der Waals surface area contributed by atoms with Crippen LogP contribution in [0.25, 0.3) is 6.08 Å². The van der Waals surface area contributed by atoms with E-state index in [-0.39, 0.29) is 0 Å². The van der Waals surface area contributed by atoms with Gasteiger partial charge < -0.3 is 9.47 Å². The van der Waals surface area contributed by atoms with E-state index in [0.717, 1.165) is 22.6 Å². The minimum atomic E-state index is 0.494. The minimum absolute atomic E-state index is 0.494. The average Bonchev–Trinajstić information content (AvgIpc) is 2.46. The minimum Gasteiger partial charge on any atom is -0.497 e. The van der Waals surface area contributed by atoms with Gasteiger partial charge in [0.05, 0.1) is 12.1 Å². The van der Waals surface area contributed by atoms with Gasteiger partial charge in [0.1, 0.15) is 18.1 Å². The standard InChI is InChI=1S/C16H15ClO2/c1-3-13-6-9-15(10-16(13)17)19-11-12-4-7-14(18-2)8-5-12/h3-10H,1,11H2,2H3. The maximum absolute atomic E-state index is 6.08. The maximum Gasteiger partial charge on any atom is 0.121 e. The van der Waals surface area contributed by atoms with Crippen molar-refractivity contribution in [3.63, 3.8) is 0 Å². The Hall–Kier alpha value is -1.93. The monoisotopic (exact) mass is 274 g/mol. The Labute approximate surface area is 118 Å². The molecule has 0 saturated heterocycles. The molecule has 2 rings (SSSR count). The van der Waals surface area contributed by atoms with E-state index in [1.807, 2.05) is 36.4 Å². The smallest absolute Gasteiger partial charge is 0.121 e. The fraction of sp³-hybridized carbons (Fsp3) is 0.125. The van der Waals surface area contributed by atoms with Gasteiger partial charge >= 0.3 is 0 Å². The molecule has 0 aliphatic carbocycles. The molecule has 0 aliphatic heterocycles. The van der Waals surface area contributed by atoms with Gasteiger partial charge in [-0.1, -0.05) is 36.4 Å². The number of benzene rings is 2. The zero-order valence-corrected chi connectivity index (χ0v) is 11.5. The Bertz CT molecular complexity index is 561. The first-order valence-electron chi connectivity index (χ1n) is 5.90. The summed E-state index contributed by atoms with van der Waals surface area (Å²) < 4.78 is 10.8. The average molecular weight is 275 g/mol. The Morgan fingerprint density at radius 3 is 2.37 bits per heavy atom. The van der Waals surface area contributed by atoms with E-state index in [1.54, 1.807) is 19.3 Å². The SMILES string of the molecule is C=Cc1ccc(OCc2ccc(OC)cc2)cc1Cl. The lowest BCUT2D eigenvalue weighted by molar-refractivity contribution is 0.306. The Kier molecular flexibility index (Phi) is 4.48. The maximum atomic E-state index is 6.08. The summed E-state index contributed by atoms with van der Waals surface area (Å²) in [6, 6.07) is 13.3. The van der Waals surface area contributed by atoms with Crippen LogP contribution >= 0.6 is 11.6 Å². The predicted molar refractivity (Wildman–Crippen MR) is 78.9 cm³/mol. The first-order chi connectivity index (χ1) is 9.22. The van der Waals surface area contributed by atoms with Crippen LogP contribution in [0.1, 0.15) is 11.1 Å². The fourth-order valence-corrected chi connectivity index (χ4v) is 1.90. The molecular formula is C16H15ClO2. The number of methoxy groups -OCH3 is 1. The van der Waals surface area contributed by atoms with Crippen molar-refractivity contribution >= 4 is 17.7 Å². The second-order valence-corrected chi connectivity index (χ2v) is 4.43. The topological polar surface area (TPSA) is 18.5 Å². The number of hydrogen-bond acceptors (Lipinski definition) is 2. The van der Waals surface area contributed by atoms with Gasteiger partial charge in [0.25, 0.3) is 0 Å². The second-order valence-electron chi connectivity index (χ2n) is 4.02. The van der Waals surface area contributed by atoms with Crippen molar-refractivity contribution in [2.24, 2.45) is 0 Å². The predicted octanol–water partition coefficient (Wildman–Crippen LogP) is 4.57. The fourth-order valence-electron chi connectivity index (χ4n) is 1.65. The molecule has 0 atom stereocenters. The van der Waals surface area contributed by atoms with Crippen molar-refractivity contribution < 1.29 is 9.47 Å². The van der Waals surface area contributed by atoms with E-state index in [2.05, 4.69) is 6.58 Å². The van der Waals surface area contributed by atoms with Crippen LogP contribution in [0, 0.1) is 0 Å². The Balaban J connectivity index is 2.01. The lowest BCUT2D eigenvalue weighted by Crippen LogP contribution is -1.95. The normalized spacial score (nSPS) is 10.0. The molecule has 2 aromatic rings. The van der Waals surface area contributed by atoms with Crippen molar-refractivity contribution in [3.8, 4) is 11.5 Å². The highest BCUT2D eigenvalue weighted by molar-refractivity contribution is 6.32. The third kappa shape index (κ3) is 3.52. The van der Waals surface area contributed by atoms with Crippen molar-refractivity contribution in [1.82, 2.24) is 0 Å². The zero-order chi connectivity index (χ0) is 13.7. The summed E-state index contributed by atoms with van der Waals surface area (Å²) >= 11 is 6.08. The van der Waals surface area contributed by atoms with Gasteiger partial charge in [0.15, 0.2) is 0 Å². The quantitative estimate of drug-likeness (QED) is 0.795. The molecule has 0 heterocycles. The summed E-state index contributed by atoms with van der Waals surface area (Å²) in [5, 5.41) is 0.641. The van der Waals surface area contributed by atoms with Crippen LogP contribution in [-0.2, 0) is 6.61 Å². The highest BCUT2D eigenvalue weighted by atomic mass is 35.5. The van der Waals surface area contributed by atoms with E-state index in [0.29, 0.717) is 11.6 Å². The number of ether oxygens (including phenoxy) is 2. The first kappa shape index (κ1) is 13.5. The molecule has 0 unspecified atom stereocenters. The number of rotatable bonds is 5. The van der Waals surface area contributed by atoms with Gasteiger partial charge in [0.2, 0.25) is 0 Å². The molecule has 0 aromatic heterocycles. The zero-order valence-electron chi connectivity index (χ0n) is 10.7. The van der Waals surface area contributed by atoms with E-state index < -0.39 is 0 Å². The number of halogens is 1. The molecular weight excluding hydrogens is 260 g/mol. The van der Waals surface area contributed by atoms with Crippen LogP contribution in [0.5, 0.6) is 11.5 Å². The molecule has 0 amide bonds. The van der Waals surface area contributed by atoms with E-state index in [4.69, 9.17) is 21.1 Å². The molecule has 98 valence electrons. The summed E-state index contributed by atoms with van der Waals surface area (Å²) in [7, 11) is 1.65. The van der Waals surface area contributed by atoms with Gasteiger partial charge in [-0.2, -0.15) is 0 Å². The van der Waals surface area contributed by atoms with E-state index >= 15 is 0 Å². The van der Waals surface area contributed by atoms with Gasteiger partial charge in [-0.15, -0.1) is 0 Å². The Morgan fingerprint density at radius 2 is 1.79 bits per heavy atom. The van der Waals surface area contributed by atoms with Gasteiger partial charge in [0, 0.05) is 0 Å². The van der Waals surface area contributed by atoms with Crippen LogP contribution in [0.15, 0.2) is 49.0 Å². The molecule has 0 aliphatic rings. The Morgan fingerprint density at radius 1 is 1.11 bits per heavy atom. The van der Waals surface area contributed by atoms with Gasteiger partial charge in [-0.05, 0) is 41.5 Å². The van der Waals surface area contributed by atoms with Crippen LogP contribution in [0.2, 0.25) is 5.02 Å².